The fourth-order valence-electron chi connectivity index (χ4n) is 1.57. The van der Waals surface area contributed by atoms with E-state index in [2.05, 4.69) is 31.4 Å². The Balaban J connectivity index is 2.44. The van der Waals surface area contributed by atoms with Crippen LogP contribution in [0.5, 0.6) is 0 Å². The SMILES string of the molecule is CCn1ncc(Br)c1C(NN)c1cncs1. The normalized spacial score (nSPS) is 12.9. The number of hydrazine groups is 1. The summed E-state index contributed by atoms with van der Waals surface area (Å²) in [7, 11) is 0. The van der Waals surface area contributed by atoms with E-state index in [1.54, 1.807) is 23.0 Å². The van der Waals surface area contributed by atoms with Crippen molar-refractivity contribution in [3.8, 4) is 0 Å². The van der Waals surface area contributed by atoms with Crippen molar-refractivity contribution in [2.75, 3.05) is 0 Å². The molecule has 0 fully saturated rings. The van der Waals surface area contributed by atoms with E-state index in [1.807, 2.05) is 17.8 Å². The highest BCUT2D eigenvalue weighted by Gasteiger charge is 2.21. The van der Waals surface area contributed by atoms with Gasteiger partial charge in [0.05, 0.1) is 27.9 Å². The number of hydrogen-bond acceptors (Lipinski definition) is 5. The third kappa shape index (κ3) is 2.03. The molecule has 16 heavy (non-hydrogen) atoms. The van der Waals surface area contributed by atoms with Crippen molar-refractivity contribution in [3.05, 3.63) is 32.9 Å². The number of nitrogens with zero attached hydrogens (tertiary/aromatic N) is 3. The summed E-state index contributed by atoms with van der Waals surface area (Å²) in [6.07, 6.45) is 3.60. The number of aromatic nitrogens is 3. The first kappa shape index (κ1) is 11.7. The Hall–Kier alpha value is -0.760. The molecule has 0 aliphatic rings. The van der Waals surface area contributed by atoms with Gasteiger partial charge in [0.25, 0.3) is 0 Å². The lowest BCUT2D eigenvalue weighted by Crippen LogP contribution is -2.30. The highest BCUT2D eigenvalue weighted by atomic mass is 79.9. The van der Waals surface area contributed by atoms with Crippen LogP contribution in [0.1, 0.15) is 23.5 Å². The zero-order chi connectivity index (χ0) is 11.5. The van der Waals surface area contributed by atoms with Gasteiger partial charge in [0, 0.05) is 17.6 Å². The molecule has 86 valence electrons. The molecule has 0 saturated carbocycles. The second-order valence-corrected chi connectivity index (χ2v) is 4.97. The average Bonchev–Trinajstić information content (AvgIpc) is 2.91. The van der Waals surface area contributed by atoms with Gasteiger partial charge in [0.1, 0.15) is 0 Å². The van der Waals surface area contributed by atoms with Gasteiger partial charge >= 0.3 is 0 Å². The highest BCUT2D eigenvalue weighted by Crippen LogP contribution is 2.29. The van der Waals surface area contributed by atoms with Crippen LogP contribution in [0.15, 0.2) is 22.4 Å². The number of nitrogens with two attached hydrogens (primary N) is 1. The summed E-state index contributed by atoms with van der Waals surface area (Å²) in [6, 6.07) is -0.0793. The van der Waals surface area contributed by atoms with Crippen LogP contribution in [0.25, 0.3) is 0 Å². The van der Waals surface area contributed by atoms with Crippen molar-refractivity contribution in [1.82, 2.24) is 20.2 Å². The molecule has 7 heteroatoms. The van der Waals surface area contributed by atoms with E-state index in [9.17, 15) is 0 Å². The minimum atomic E-state index is -0.0793. The Morgan fingerprint density at radius 2 is 2.44 bits per heavy atom. The molecule has 0 aromatic carbocycles. The molecule has 0 amide bonds. The summed E-state index contributed by atoms with van der Waals surface area (Å²) >= 11 is 5.06. The molecular weight excluding hydrogens is 290 g/mol. The zero-order valence-electron chi connectivity index (χ0n) is 8.72. The van der Waals surface area contributed by atoms with Crippen molar-refractivity contribution in [2.24, 2.45) is 5.84 Å². The Bertz CT molecular complexity index is 452. The lowest BCUT2D eigenvalue weighted by Gasteiger charge is -2.16. The topological polar surface area (TPSA) is 68.8 Å². The van der Waals surface area contributed by atoms with Crippen LogP contribution in [0.2, 0.25) is 0 Å². The zero-order valence-corrected chi connectivity index (χ0v) is 11.1. The quantitative estimate of drug-likeness (QED) is 0.666. The van der Waals surface area contributed by atoms with Gasteiger partial charge < -0.3 is 0 Å². The molecule has 5 nitrogen and oxygen atoms in total. The Labute approximate surface area is 106 Å². The number of thiazole rings is 1. The third-order valence-electron chi connectivity index (χ3n) is 2.31. The fraction of sp³-hybridized carbons (Fsp3) is 0.333. The standard InChI is InChI=1S/C9H12BrN5S/c1-2-15-9(6(10)3-13-15)8(14-11)7-4-12-5-16-7/h3-5,8,14H,2,11H2,1H3. The van der Waals surface area contributed by atoms with E-state index < -0.39 is 0 Å². The van der Waals surface area contributed by atoms with E-state index in [0.29, 0.717) is 0 Å². The molecule has 3 N–H and O–H groups in total. The number of halogens is 1. The van der Waals surface area contributed by atoms with E-state index in [-0.39, 0.29) is 6.04 Å². The van der Waals surface area contributed by atoms with E-state index >= 15 is 0 Å². The number of nitrogens with one attached hydrogen (secondary N) is 1. The Morgan fingerprint density at radius 1 is 1.62 bits per heavy atom. The number of rotatable bonds is 4. The molecule has 2 heterocycles. The summed E-state index contributed by atoms with van der Waals surface area (Å²) in [5.74, 6) is 5.61. The minimum absolute atomic E-state index is 0.0793. The largest absolute Gasteiger partial charge is 0.270 e. The van der Waals surface area contributed by atoms with Crippen molar-refractivity contribution in [1.29, 1.82) is 0 Å². The Kier molecular flexibility index (Phi) is 3.70. The van der Waals surface area contributed by atoms with Crippen molar-refractivity contribution in [2.45, 2.75) is 19.5 Å². The van der Waals surface area contributed by atoms with Gasteiger partial charge in [0.15, 0.2) is 0 Å². The molecule has 0 bridgehead atoms. The van der Waals surface area contributed by atoms with E-state index in [0.717, 1.165) is 21.6 Å². The molecule has 0 aliphatic heterocycles. The van der Waals surface area contributed by atoms with Crippen LogP contribution in [-0.4, -0.2) is 14.8 Å². The van der Waals surface area contributed by atoms with Gasteiger partial charge in [-0.15, -0.1) is 11.3 Å². The first-order chi connectivity index (χ1) is 7.77. The van der Waals surface area contributed by atoms with Gasteiger partial charge in [-0.2, -0.15) is 5.10 Å². The first-order valence-electron chi connectivity index (χ1n) is 4.83. The second kappa shape index (κ2) is 5.05. The molecule has 0 radical (unpaired) electrons. The van der Waals surface area contributed by atoms with Crippen LogP contribution in [0.4, 0.5) is 0 Å². The predicted octanol–water partition coefficient (Wildman–Crippen LogP) is 1.67. The number of hydrogen-bond donors (Lipinski definition) is 2. The fourth-order valence-corrected chi connectivity index (χ4v) is 2.78. The summed E-state index contributed by atoms with van der Waals surface area (Å²) in [6.45, 7) is 2.85. The van der Waals surface area contributed by atoms with Crippen LogP contribution in [0, 0.1) is 0 Å². The third-order valence-corrected chi connectivity index (χ3v) is 3.76. The summed E-state index contributed by atoms with van der Waals surface area (Å²) < 4.78 is 2.86. The van der Waals surface area contributed by atoms with E-state index in [1.165, 1.54) is 0 Å². The summed E-state index contributed by atoms with van der Waals surface area (Å²) in [4.78, 5) is 5.13. The molecule has 2 aromatic rings. The summed E-state index contributed by atoms with van der Waals surface area (Å²) in [5.41, 5.74) is 5.62. The van der Waals surface area contributed by atoms with E-state index in [4.69, 9.17) is 5.84 Å². The maximum Gasteiger partial charge on any atom is 0.0997 e. The molecule has 0 aliphatic carbocycles. The lowest BCUT2D eigenvalue weighted by molar-refractivity contribution is 0.546. The highest BCUT2D eigenvalue weighted by molar-refractivity contribution is 9.10. The molecule has 1 atom stereocenters. The van der Waals surface area contributed by atoms with Gasteiger partial charge in [-0.3, -0.25) is 15.5 Å². The smallest absolute Gasteiger partial charge is 0.0997 e. The van der Waals surface area contributed by atoms with Crippen molar-refractivity contribution < 1.29 is 0 Å². The molecule has 1 unspecified atom stereocenters. The summed E-state index contributed by atoms with van der Waals surface area (Å²) in [5, 5.41) is 4.27. The van der Waals surface area contributed by atoms with Crippen molar-refractivity contribution >= 4 is 27.3 Å². The van der Waals surface area contributed by atoms with Gasteiger partial charge in [-0.25, -0.2) is 5.43 Å². The van der Waals surface area contributed by atoms with Crippen LogP contribution < -0.4 is 11.3 Å². The monoisotopic (exact) mass is 301 g/mol. The van der Waals surface area contributed by atoms with Crippen LogP contribution in [-0.2, 0) is 6.54 Å². The van der Waals surface area contributed by atoms with Crippen LogP contribution in [0.3, 0.4) is 0 Å². The van der Waals surface area contributed by atoms with Gasteiger partial charge in [-0.05, 0) is 22.9 Å². The lowest BCUT2D eigenvalue weighted by atomic mass is 10.2. The van der Waals surface area contributed by atoms with Crippen molar-refractivity contribution in [3.63, 3.8) is 0 Å². The maximum atomic E-state index is 5.61. The van der Waals surface area contributed by atoms with Gasteiger partial charge in [0.2, 0.25) is 0 Å². The molecule has 0 saturated heterocycles. The van der Waals surface area contributed by atoms with Gasteiger partial charge in [-0.1, -0.05) is 0 Å². The first-order valence-corrected chi connectivity index (χ1v) is 6.51. The Morgan fingerprint density at radius 3 is 3.00 bits per heavy atom. The molecular formula is C9H12BrN5S. The predicted molar refractivity (Wildman–Crippen MR) is 66.9 cm³/mol. The minimum Gasteiger partial charge on any atom is -0.270 e. The number of aryl methyl sites for hydroxylation is 1. The molecule has 2 rings (SSSR count). The molecule has 0 spiro atoms. The maximum absolute atomic E-state index is 5.61. The second-order valence-electron chi connectivity index (χ2n) is 3.20. The van der Waals surface area contributed by atoms with Crippen LogP contribution >= 0.6 is 27.3 Å². The molecule has 2 aromatic heterocycles. The average molecular weight is 302 g/mol.